The molecule has 1 aliphatic rings. The lowest BCUT2D eigenvalue weighted by atomic mass is 10.1. The van der Waals surface area contributed by atoms with E-state index in [2.05, 4.69) is 28.6 Å². The van der Waals surface area contributed by atoms with Crippen molar-refractivity contribution in [3.05, 3.63) is 48.3 Å². The molecule has 0 radical (unpaired) electrons. The SMILES string of the molecule is CC(C)N1Cc2ccnn2[C@H](CNS(=O)(=O)c2ccccc2)C1. The molecule has 0 unspecified atom stereocenters. The fourth-order valence-corrected chi connectivity index (χ4v) is 3.94. The molecule has 0 saturated carbocycles. The van der Waals surface area contributed by atoms with Crippen molar-refractivity contribution < 1.29 is 8.42 Å². The molecule has 23 heavy (non-hydrogen) atoms. The molecule has 1 aliphatic heterocycles. The maximum absolute atomic E-state index is 12.4. The Labute approximate surface area is 137 Å². The first-order chi connectivity index (χ1) is 11.0. The molecule has 1 aromatic carbocycles. The molecule has 0 aliphatic carbocycles. The average Bonchev–Trinajstić information content (AvgIpc) is 3.02. The molecule has 1 atom stereocenters. The fourth-order valence-electron chi connectivity index (χ4n) is 2.85. The number of rotatable bonds is 5. The molecule has 0 amide bonds. The van der Waals surface area contributed by atoms with E-state index in [9.17, 15) is 8.42 Å². The van der Waals surface area contributed by atoms with Crippen molar-refractivity contribution in [3.63, 3.8) is 0 Å². The van der Waals surface area contributed by atoms with Crippen LogP contribution in [0, 0.1) is 0 Å². The van der Waals surface area contributed by atoms with Crippen molar-refractivity contribution in [2.24, 2.45) is 0 Å². The number of nitrogens with zero attached hydrogens (tertiary/aromatic N) is 3. The zero-order chi connectivity index (χ0) is 16.4. The van der Waals surface area contributed by atoms with Crippen molar-refractivity contribution in [2.75, 3.05) is 13.1 Å². The molecule has 124 valence electrons. The van der Waals surface area contributed by atoms with Crippen LogP contribution in [0.5, 0.6) is 0 Å². The van der Waals surface area contributed by atoms with Crippen LogP contribution >= 0.6 is 0 Å². The Hall–Kier alpha value is -1.70. The second-order valence-corrected chi connectivity index (χ2v) is 7.88. The largest absolute Gasteiger partial charge is 0.293 e. The lowest BCUT2D eigenvalue weighted by Gasteiger charge is -2.36. The van der Waals surface area contributed by atoms with Crippen LogP contribution in [0.2, 0.25) is 0 Å². The highest BCUT2D eigenvalue weighted by Gasteiger charge is 2.28. The number of benzene rings is 1. The van der Waals surface area contributed by atoms with Crippen molar-refractivity contribution in [1.82, 2.24) is 19.4 Å². The molecule has 3 rings (SSSR count). The lowest BCUT2D eigenvalue weighted by molar-refractivity contribution is 0.140. The molecule has 6 nitrogen and oxygen atoms in total. The average molecular weight is 334 g/mol. The molecule has 0 fully saturated rings. The summed E-state index contributed by atoms with van der Waals surface area (Å²) in [5.41, 5.74) is 1.12. The van der Waals surface area contributed by atoms with Crippen LogP contribution in [0.1, 0.15) is 25.6 Å². The van der Waals surface area contributed by atoms with Gasteiger partial charge in [-0.25, -0.2) is 13.1 Å². The van der Waals surface area contributed by atoms with Gasteiger partial charge in [-0.15, -0.1) is 0 Å². The molecule has 1 N–H and O–H groups in total. The van der Waals surface area contributed by atoms with Crippen LogP contribution in [-0.4, -0.2) is 42.2 Å². The standard InChI is InChI=1S/C16H22N4O2S/c1-13(2)19-11-14-8-9-17-20(14)15(12-19)10-18-23(21,22)16-6-4-3-5-7-16/h3-9,13,15,18H,10-12H2,1-2H3/t15-/m1/s1. The number of nitrogens with one attached hydrogen (secondary N) is 1. The maximum atomic E-state index is 12.4. The third-order valence-corrected chi connectivity index (χ3v) is 5.64. The van der Waals surface area contributed by atoms with E-state index in [4.69, 9.17) is 0 Å². The van der Waals surface area contributed by atoms with E-state index in [1.54, 1.807) is 36.5 Å². The smallest absolute Gasteiger partial charge is 0.240 e. The normalized spacial score (nSPS) is 19.0. The van der Waals surface area contributed by atoms with E-state index >= 15 is 0 Å². The minimum Gasteiger partial charge on any atom is -0.293 e. The fraction of sp³-hybridized carbons (Fsp3) is 0.438. The summed E-state index contributed by atoms with van der Waals surface area (Å²) in [7, 11) is -3.49. The predicted molar refractivity (Wildman–Crippen MR) is 88.4 cm³/mol. The summed E-state index contributed by atoms with van der Waals surface area (Å²) in [5.74, 6) is 0. The minimum atomic E-state index is -3.49. The van der Waals surface area contributed by atoms with Gasteiger partial charge in [0.1, 0.15) is 0 Å². The first kappa shape index (κ1) is 16.2. The van der Waals surface area contributed by atoms with Crippen LogP contribution in [0.15, 0.2) is 47.5 Å². The Morgan fingerprint density at radius 1 is 1.26 bits per heavy atom. The van der Waals surface area contributed by atoms with Crippen LogP contribution in [0.4, 0.5) is 0 Å². The summed E-state index contributed by atoms with van der Waals surface area (Å²) >= 11 is 0. The number of fused-ring (bicyclic) bond motifs is 1. The molecular weight excluding hydrogens is 312 g/mol. The van der Waals surface area contributed by atoms with Gasteiger partial charge in [0, 0.05) is 31.9 Å². The topological polar surface area (TPSA) is 67.2 Å². The number of hydrogen-bond acceptors (Lipinski definition) is 4. The zero-order valence-electron chi connectivity index (χ0n) is 13.4. The molecule has 0 bridgehead atoms. The van der Waals surface area contributed by atoms with Crippen LogP contribution < -0.4 is 4.72 Å². The van der Waals surface area contributed by atoms with E-state index in [-0.39, 0.29) is 10.9 Å². The van der Waals surface area contributed by atoms with Crippen molar-refractivity contribution in [2.45, 2.75) is 37.4 Å². The summed E-state index contributed by atoms with van der Waals surface area (Å²) in [6.45, 7) is 6.26. The highest BCUT2D eigenvalue weighted by atomic mass is 32.2. The van der Waals surface area contributed by atoms with Gasteiger partial charge in [0.15, 0.2) is 0 Å². The van der Waals surface area contributed by atoms with E-state index in [1.165, 1.54) is 0 Å². The van der Waals surface area contributed by atoms with Gasteiger partial charge in [-0.1, -0.05) is 18.2 Å². The highest BCUT2D eigenvalue weighted by molar-refractivity contribution is 7.89. The van der Waals surface area contributed by atoms with Gasteiger partial charge in [0.25, 0.3) is 0 Å². The summed E-state index contributed by atoms with van der Waals surface area (Å²) in [5, 5.41) is 4.36. The van der Waals surface area contributed by atoms with E-state index in [1.807, 2.05) is 10.7 Å². The van der Waals surface area contributed by atoms with Gasteiger partial charge in [0.2, 0.25) is 10.0 Å². The zero-order valence-corrected chi connectivity index (χ0v) is 14.2. The second kappa shape index (κ2) is 6.43. The summed E-state index contributed by atoms with van der Waals surface area (Å²) in [4.78, 5) is 2.62. The number of aromatic nitrogens is 2. The minimum absolute atomic E-state index is 0.00497. The molecule has 2 heterocycles. The van der Waals surface area contributed by atoms with Crippen molar-refractivity contribution in [1.29, 1.82) is 0 Å². The Morgan fingerprint density at radius 3 is 2.70 bits per heavy atom. The van der Waals surface area contributed by atoms with E-state index in [0.717, 1.165) is 18.8 Å². The molecule has 2 aromatic rings. The third kappa shape index (κ3) is 3.46. The Morgan fingerprint density at radius 2 is 2.00 bits per heavy atom. The van der Waals surface area contributed by atoms with Gasteiger partial charge < -0.3 is 0 Å². The van der Waals surface area contributed by atoms with Crippen LogP contribution in [0.25, 0.3) is 0 Å². The lowest BCUT2D eigenvalue weighted by Crippen LogP contribution is -2.45. The summed E-state index contributed by atoms with van der Waals surface area (Å²) in [6, 6.07) is 10.8. The Bertz CT molecular complexity index is 755. The summed E-state index contributed by atoms with van der Waals surface area (Å²) < 4.78 is 29.4. The molecule has 0 spiro atoms. The van der Waals surface area contributed by atoms with Crippen molar-refractivity contribution >= 4 is 10.0 Å². The van der Waals surface area contributed by atoms with Gasteiger partial charge in [-0.3, -0.25) is 9.58 Å². The van der Waals surface area contributed by atoms with Gasteiger partial charge in [0.05, 0.1) is 16.6 Å². The first-order valence-corrected chi connectivity index (χ1v) is 9.27. The van der Waals surface area contributed by atoms with E-state index in [0.29, 0.717) is 12.6 Å². The molecule has 7 heteroatoms. The van der Waals surface area contributed by atoms with Gasteiger partial charge >= 0.3 is 0 Å². The molecule has 1 aromatic heterocycles. The van der Waals surface area contributed by atoms with Gasteiger partial charge in [-0.2, -0.15) is 5.10 Å². The maximum Gasteiger partial charge on any atom is 0.240 e. The van der Waals surface area contributed by atoms with Crippen LogP contribution in [-0.2, 0) is 16.6 Å². The van der Waals surface area contributed by atoms with Crippen LogP contribution in [0.3, 0.4) is 0 Å². The van der Waals surface area contributed by atoms with Crippen molar-refractivity contribution in [3.8, 4) is 0 Å². The quantitative estimate of drug-likeness (QED) is 0.902. The summed E-state index contributed by atoms with van der Waals surface area (Å²) in [6.07, 6.45) is 1.78. The monoisotopic (exact) mass is 334 g/mol. The number of hydrogen-bond donors (Lipinski definition) is 1. The molecular formula is C16H22N4O2S. The van der Waals surface area contributed by atoms with Gasteiger partial charge in [-0.05, 0) is 32.0 Å². The Balaban J connectivity index is 1.75. The Kier molecular flexibility index (Phi) is 4.52. The highest BCUT2D eigenvalue weighted by Crippen LogP contribution is 2.22. The number of sulfonamides is 1. The molecule has 0 saturated heterocycles. The first-order valence-electron chi connectivity index (χ1n) is 7.78. The predicted octanol–water partition coefficient (Wildman–Crippen LogP) is 1.63. The second-order valence-electron chi connectivity index (χ2n) is 6.11. The van der Waals surface area contributed by atoms with E-state index < -0.39 is 10.0 Å². The third-order valence-electron chi connectivity index (χ3n) is 4.20.